The molecule has 18 heavy (non-hydrogen) atoms. The standard InChI is InChI=1S/C12H22O6/c1-2-3-4-5-6-17-12-11(16)10(15)9(14)8(7-13)18-12/h3-4,8-16H,2,5-7H2,1H3/b4-3-/t8-,9-,10+,11-,12+/m1/s1. The van der Waals surface area contributed by atoms with Gasteiger partial charge in [0.2, 0.25) is 0 Å². The van der Waals surface area contributed by atoms with Crippen molar-refractivity contribution in [2.75, 3.05) is 13.2 Å². The van der Waals surface area contributed by atoms with E-state index in [1.807, 2.05) is 19.1 Å². The van der Waals surface area contributed by atoms with Gasteiger partial charge in [-0.2, -0.15) is 0 Å². The maximum absolute atomic E-state index is 9.66. The molecule has 0 saturated carbocycles. The minimum atomic E-state index is -1.38. The third-order valence-corrected chi connectivity index (χ3v) is 2.82. The fraction of sp³-hybridized carbons (Fsp3) is 0.833. The summed E-state index contributed by atoms with van der Waals surface area (Å²) in [5, 5.41) is 37.7. The molecule has 0 unspecified atom stereocenters. The van der Waals surface area contributed by atoms with Crippen LogP contribution in [0.5, 0.6) is 0 Å². The highest BCUT2D eigenvalue weighted by atomic mass is 16.7. The van der Waals surface area contributed by atoms with Crippen molar-refractivity contribution in [3.63, 3.8) is 0 Å². The number of ether oxygens (including phenoxy) is 2. The van der Waals surface area contributed by atoms with Crippen LogP contribution in [0.15, 0.2) is 12.2 Å². The second-order valence-corrected chi connectivity index (χ2v) is 4.24. The molecule has 1 rings (SSSR count). The molecule has 0 aromatic rings. The molecule has 0 aromatic carbocycles. The van der Waals surface area contributed by atoms with Crippen LogP contribution in [0, 0.1) is 0 Å². The molecular weight excluding hydrogens is 240 g/mol. The molecule has 1 fully saturated rings. The molecule has 1 aliphatic rings. The van der Waals surface area contributed by atoms with E-state index in [0.717, 1.165) is 6.42 Å². The predicted octanol–water partition coefficient (Wildman–Crippen LogP) is -0.841. The van der Waals surface area contributed by atoms with Crippen molar-refractivity contribution in [1.29, 1.82) is 0 Å². The fourth-order valence-electron chi connectivity index (χ4n) is 1.74. The minimum absolute atomic E-state index is 0.333. The van der Waals surface area contributed by atoms with Crippen LogP contribution in [0.25, 0.3) is 0 Å². The van der Waals surface area contributed by atoms with Crippen molar-refractivity contribution in [3.05, 3.63) is 12.2 Å². The van der Waals surface area contributed by atoms with Gasteiger partial charge in [0.25, 0.3) is 0 Å². The summed E-state index contributed by atoms with van der Waals surface area (Å²) in [4.78, 5) is 0. The van der Waals surface area contributed by atoms with E-state index < -0.39 is 37.3 Å². The smallest absolute Gasteiger partial charge is 0.186 e. The van der Waals surface area contributed by atoms with Crippen LogP contribution in [0.4, 0.5) is 0 Å². The van der Waals surface area contributed by atoms with Gasteiger partial charge in [-0.05, 0) is 12.8 Å². The largest absolute Gasteiger partial charge is 0.394 e. The topological polar surface area (TPSA) is 99.4 Å². The summed E-state index contributed by atoms with van der Waals surface area (Å²) in [5.74, 6) is 0. The number of allylic oxidation sites excluding steroid dienone is 1. The lowest BCUT2D eigenvalue weighted by Gasteiger charge is -2.39. The van der Waals surface area contributed by atoms with Gasteiger partial charge in [0.05, 0.1) is 13.2 Å². The van der Waals surface area contributed by atoms with Crippen LogP contribution in [-0.2, 0) is 9.47 Å². The van der Waals surface area contributed by atoms with E-state index in [1.165, 1.54) is 0 Å². The molecule has 0 radical (unpaired) electrons. The van der Waals surface area contributed by atoms with Gasteiger partial charge in [-0.1, -0.05) is 19.1 Å². The van der Waals surface area contributed by atoms with Crippen LogP contribution < -0.4 is 0 Å². The lowest BCUT2D eigenvalue weighted by molar-refractivity contribution is -0.300. The Bertz CT molecular complexity index is 255. The quantitative estimate of drug-likeness (QED) is 0.368. The average Bonchev–Trinajstić information content (AvgIpc) is 2.38. The SMILES string of the molecule is CC/C=C\CCO[C@H]1O[C@H](CO)[C@@H](O)[C@H](O)[C@H]1O. The van der Waals surface area contributed by atoms with Crippen molar-refractivity contribution < 1.29 is 29.9 Å². The van der Waals surface area contributed by atoms with E-state index in [9.17, 15) is 15.3 Å². The van der Waals surface area contributed by atoms with Gasteiger partial charge in [0.15, 0.2) is 6.29 Å². The molecule has 6 nitrogen and oxygen atoms in total. The van der Waals surface area contributed by atoms with E-state index in [1.54, 1.807) is 0 Å². The number of hydrogen-bond acceptors (Lipinski definition) is 6. The molecule has 0 spiro atoms. The zero-order chi connectivity index (χ0) is 13.5. The summed E-state index contributed by atoms with van der Waals surface area (Å²) in [5.41, 5.74) is 0. The van der Waals surface area contributed by atoms with Crippen molar-refractivity contribution in [1.82, 2.24) is 0 Å². The van der Waals surface area contributed by atoms with Crippen LogP contribution in [0.2, 0.25) is 0 Å². The van der Waals surface area contributed by atoms with Gasteiger partial charge in [-0.25, -0.2) is 0 Å². The average molecular weight is 262 g/mol. The zero-order valence-corrected chi connectivity index (χ0v) is 10.5. The zero-order valence-electron chi connectivity index (χ0n) is 10.5. The van der Waals surface area contributed by atoms with Crippen molar-refractivity contribution >= 4 is 0 Å². The Morgan fingerprint density at radius 1 is 1.11 bits per heavy atom. The van der Waals surface area contributed by atoms with Crippen molar-refractivity contribution in [2.45, 2.75) is 50.5 Å². The van der Waals surface area contributed by atoms with Gasteiger partial charge in [-0.3, -0.25) is 0 Å². The van der Waals surface area contributed by atoms with E-state index >= 15 is 0 Å². The van der Waals surface area contributed by atoms with Crippen LogP contribution >= 0.6 is 0 Å². The first-order valence-corrected chi connectivity index (χ1v) is 6.19. The Labute approximate surface area is 106 Å². The van der Waals surface area contributed by atoms with Crippen molar-refractivity contribution in [3.8, 4) is 0 Å². The van der Waals surface area contributed by atoms with Crippen molar-refractivity contribution in [2.24, 2.45) is 0 Å². The van der Waals surface area contributed by atoms with Crippen LogP contribution in [0.3, 0.4) is 0 Å². The Morgan fingerprint density at radius 2 is 1.83 bits per heavy atom. The number of aliphatic hydroxyl groups excluding tert-OH is 4. The summed E-state index contributed by atoms with van der Waals surface area (Å²) in [6.45, 7) is 1.91. The normalized spacial score (nSPS) is 37.3. The van der Waals surface area contributed by atoms with Gasteiger partial charge in [0, 0.05) is 0 Å². The maximum Gasteiger partial charge on any atom is 0.186 e. The lowest BCUT2D eigenvalue weighted by atomic mass is 9.99. The van der Waals surface area contributed by atoms with E-state index in [-0.39, 0.29) is 0 Å². The Balaban J connectivity index is 2.41. The minimum Gasteiger partial charge on any atom is -0.394 e. The van der Waals surface area contributed by atoms with E-state index in [0.29, 0.717) is 13.0 Å². The van der Waals surface area contributed by atoms with Crippen LogP contribution in [0.1, 0.15) is 19.8 Å². The molecule has 1 saturated heterocycles. The summed E-state index contributed by atoms with van der Waals surface area (Å²) in [6, 6.07) is 0. The van der Waals surface area contributed by atoms with Gasteiger partial charge >= 0.3 is 0 Å². The van der Waals surface area contributed by atoms with Gasteiger partial charge < -0.3 is 29.9 Å². The van der Waals surface area contributed by atoms with E-state index in [4.69, 9.17) is 14.6 Å². The Hall–Kier alpha value is -0.500. The monoisotopic (exact) mass is 262 g/mol. The molecule has 1 aliphatic heterocycles. The number of hydrogen-bond donors (Lipinski definition) is 4. The Kier molecular flexibility index (Phi) is 6.77. The summed E-state index contributed by atoms with van der Waals surface area (Å²) in [6.07, 6.45) is -0.436. The predicted molar refractivity (Wildman–Crippen MR) is 63.8 cm³/mol. The molecule has 0 bridgehead atoms. The first-order chi connectivity index (χ1) is 8.61. The van der Waals surface area contributed by atoms with Gasteiger partial charge in [0.1, 0.15) is 24.4 Å². The van der Waals surface area contributed by atoms with E-state index in [2.05, 4.69) is 0 Å². The molecule has 4 N–H and O–H groups in total. The number of rotatable bonds is 6. The maximum atomic E-state index is 9.66. The molecule has 106 valence electrons. The molecule has 0 aromatic heterocycles. The third-order valence-electron chi connectivity index (χ3n) is 2.82. The molecule has 0 aliphatic carbocycles. The molecule has 1 heterocycles. The first-order valence-electron chi connectivity index (χ1n) is 6.19. The molecule has 5 atom stereocenters. The second-order valence-electron chi connectivity index (χ2n) is 4.24. The second kappa shape index (κ2) is 7.83. The highest BCUT2D eigenvalue weighted by Crippen LogP contribution is 2.21. The highest BCUT2D eigenvalue weighted by molar-refractivity contribution is 4.89. The molecule has 6 heteroatoms. The summed E-state index contributed by atoms with van der Waals surface area (Å²) in [7, 11) is 0. The third kappa shape index (κ3) is 4.01. The highest BCUT2D eigenvalue weighted by Gasteiger charge is 2.43. The molecule has 0 amide bonds. The lowest BCUT2D eigenvalue weighted by Crippen LogP contribution is -2.59. The fourth-order valence-corrected chi connectivity index (χ4v) is 1.74. The Morgan fingerprint density at radius 3 is 2.44 bits per heavy atom. The van der Waals surface area contributed by atoms with Gasteiger partial charge in [-0.15, -0.1) is 0 Å². The number of aliphatic hydroxyl groups is 4. The summed E-state index contributed by atoms with van der Waals surface area (Å²) >= 11 is 0. The first kappa shape index (κ1) is 15.6. The van der Waals surface area contributed by atoms with Crippen LogP contribution in [-0.4, -0.2) is 64.3 Å². The molecular formula is C12H22O6. The summed E-state index contributed by atoms with van der Waals surface area (Å²) < 4.78 is 10.5.